The Bertz CT molecular complexity index is 1100. The Balaban J connectivity index is 1.32. The van der Waals surface area contributed by atoms with E-state index in [-0.39, 0.29) is 23.7 Å². The molecule has 3 fully saturated rings. The molecular formula is C31H38ClFN2O. The molecule has 1 spiro atoms. The fourth-order valence-electron chi connectivity index (χ4n) is 8.17. The molecule has 4 atom stereocenters. The van der Waals surface area contributed by atoms with Crippen LogP contribution in [0.2, 0.25) is 5.02 Å². The zero-order valence-electron chi connectivity index (χ0n) is 21.2. The molecule has 2 aromatic carbocycles. The average molecular weight is 509 g/mol. The number of nitrogens with zero attached hydrogens (tertiary/aromatic N) is 1. The first-order chi connectivity index (χ1) is 17.6. The summed E-state index contributed by atoms with van der Waals surface area (Å²) in [6.45, 7) is 2.11. The Morgan fingerprint density at radius 1 is 1.06 bits per heavy atom. The summed E-state index contributed by atoms with van der Waals surface area (Å²) in [5, 5.41) is 3.97. The highest BCUT2D eigenvalue weighted by Crippen LogP contribution is 2.49. The van der Waals surface area contributed by atoms with Crippen molar-refractivity contribution in [2.75, 3.05) is 19.6 Å². The minimum Gasteiger partial charge on any atom is -0.339 e. The van der Waals surface area contributed by atoms with Crippen LogP contribution in [0.25, 0.3) is 0 Å². The maximum absolute atomic E-state index is 15.5. The predicted octanol–water partition coefficient (Wildman–Crippen LogP) is 6.63. The lowest BCUT2D eigenvalue weighted by Gasteiger charge is -2.48. The standard InChI is InChI=1S/C31H38ClFN2O/c32-25-16-24-12-7-14-31(29(24)27(33)18-25)20-34-19-26(31)30(36)35-15-13-23(21-8-3-1-4-9-21)17-28(35)22-10-5-2-6-11-22/h1,3-4,8-9,16,18,22-23,26,28,34H,2,5-7,10-15,17,19-20H2/t23-,26+,28+,31-/m1/s1. The molecular weight excluding hydrogens is 471 g/mol. The van der Waals surface area contributed by atoms with Gasteiger partial charge in [0.1, 0.15) is 5.82 Å². The van der Waals surface area contributed by atoms with Gasteiger partial charge in [0.25, 0.3) is 0 Å². The molecule has 0 unspecified atom stereocenters. The van der Waals surface area contributed by atoms with Crippen LogP contribution >= 0.6 is 11.6 Å². The van der Waals surface area contributed by atoms with E-state index in [1.807, 2.05) is 6.07 Å². The summed E-state index contributed by atoms with van der Waals surface area (Å²) >= 11 is 6.24. The first-order valence-corrected chi connectivity index (χ1v) is 14.5. The molecule has 1 saturated carbocycles. The molecule has 36 heavy (non-hydrogen) atoms. The molecule has 2 aromatic rings. The Hall–Kier alpha value is -1.91. The zero-order chi connectivity index (χ0) is 24.7. The molecule has 3 nitrogen and oxygen atoms in total. The van der Waals surface area contributed by atoms with Gasteiger partial charge in [-0.3, -0.25) is 4.79 Å². The molecule has 2 aliphatic heterocycles. The highest BCUT2D eigenvalue weighted by atomic mass is 35.5. The van der Waals surface area contributed by atoms with Crippen LogP contribution in [0.5, 0.6) is 0 Å². The first-order valence-electron chi connectivity index (χ1n) is 14.1. The Kier molecular flexibility index (Phi) is 6.85. The number of aryl methyl sites for hydroxylation is 1. The summed E-state index contributed by atoms with van der Waals surface area (Å²) < 4.78 is 15.5. The number of likely N-dealkylation sites (tertiary alicyclic amines) is 1. The normalized spacial score (nSPS) is 30.9. The van der Waals surface area contributed by atoms with E-state index >= 15 is 4.39 Å². The van der Waals surface area contributed by atoms with Gasteiger partial charge in [0.15, 0.2) is 0 Å². The molecule has 1 N–H and O–H groups in total. The number of hydrogen-bond donors (Lipinski definition) is 1. The fraction of sp³-hybridized carbons (Fsp3) is 0.581. The van der Waals surface area contributed by atoms with Gasteiger partial charge in [-0.05, 0) is 85.6 Å². The van der Waals surface area contributed by atoms with Crippen molar-refractivity contribution in [1.29, 1.82) is 0 Å². The summed E-state index contributed by atoms with van der Waals surface area (Å²) in [6, 6.07) is 14.5. The van der Waals surface area contributed by atoms with Crippen LogP contribution in [0.4, 0.5) is 4.39 Å². The highest BCUT2D eigenvalue weighted by Gasteiger charge is 2.53. The summed E-state index contributed by atoms with van der Waals surface area (Å²) in [5.74, 6) is 0.891. The van der Waals surface area contributed by atoms with E-state index in [2.05, 4.69) is 40.5 Å². The average Bonchev–Trinajstić information content (AvgIpc) is 3.32. The van der Waals surface area contributed by atoms with Crippen molar-refractivity contribution in [1.82, 2.24) is 10.2 Å². The van der Waals surface area contributed by atoms with Crippen molar-refractivity contribution in [3.8, 4) is 0 Å². The van der Waals surface area contributed by atoms with Crippen molar-refractivity contribution in [2.24, 2.45) is 11.8 Å². The van der Waals surface area contributed by atoms with E-state index in [0.717, 1.165) is 49.8 Å². The number of benzene rings is 2. The third-order valence-electron chi connectivity index (χ3n) is 9.85. The molecule has 2 heterocycles. The van der Waals surface area contributed by atoms with Crippen molar-refractivity contribution in [2.45, 2.75) is 81.6 Å². The third-order valence-corrected chi connectivity index (χ3v) is 10.1. The Morgan fingerprint density at radius 3 is 2.67 bits per heavy atom. The molecule has 0 bridgehead atoms. The summed E-state index contributed by atoms with van der Waals surface area (Å²) in [6.07, 6.45) is 11.0. The number of carbonyl (C=O) groups excluding carboxylic acids is 1. The lowest BCUT2D eigenvalue weighted by molar-refractivity contribution is -0.143. The van der Waals surface area contributed by atoms with E-state index in [1.54, 1.807) is 0 Å². The number of carbonyl (C=O) groups is 1. The first kappa shape index (κ1) is 24.4. The largest absolute Gasteiger partial charge is 0.339 e. The maximum Gasteiger partial charge on any atom is 0.228 e. The number of nitrogens with one attached hydrogen (secondary N) is 1. The van der Waals surface area contributed by atoms with Crippen LogP contribution in [-0.2, 0) is 16.6 Å². The van der Waals surface area contributed by atoms with E-state index in [9.17, 15) is 4.79 Å². The number of rotatable bonds is 3. The second-order valence-electron chi connectivity index (χ2n) is 11.7. The number of fused-ring (bicyclic) bond motifs is 2. The smallest absolute Gasteiger partial charge is 0.228 e. The van der Waals surface area contributed by atoms with Crippen molar-refractivity contribution < 1.29 is 9.18 Å². The van der Waals surface area contributed by atoms with Crippen LogP contribution in [0.15, 0.2) is 42.5 Å². The maximum atomic E-state index is 15.5. The fourth-order valence-corrected chi connectivity index (χ4v) is 8.40. The monoisotopic (exact) mass is 508 g/mol. The summed E-state index contributed by atoms with van der Waals surface area (Å²) in [5.41, 5.74) is 2.70. The Morgan fingerprint density at radius 2 is 1.86 bits per heavy atom. The van der Waals surface area contributed by atoms with Crippen LogP contribution < -0.4 is 5.32 Å². The molecule has 6 rings (SSSR count). The second kappa shape index (κ2) is 10.1. The lowest BCUT2D eigenvalue weighted by atomic mass is 9.63. The van der Waals surface area contributed by atoms with Crippen molar-refractivity contribution >= 4 is 17.5 Å². The predicted molar refractivity (Wildman–Crippen MR) is 143 cm³/mol. The number of hydrogen-bond acceptors (Lipinski definition) is 2. The zero-order valence-corrected chi connectivity index (χ0v) is 21.9. The van der Waals surface area contributed by atoms with E-state index < -0.39 is 5.41 Å². The van der Waals surface area contributed by atoms with Gasteiger partial charge < -0.3 is 10.2 Å². The molecule has 192 valence electrons. The van der Waals surface area contributed by atoms with Gasteiger partial charge >= 0.3 is 0 Å². The molecule has 4 aliphatic rings. The third kappa shape index (κ3) is 4.28. The highest BCUT2D eigenvalue weighted by molar-refractivity contribution is 6.30. The van der Waals surface area contributed by atoms with E-state index in [4.69, 9.17) is 11.6 Å². The van der Waals surface area contributed by atoms with Crippen LogP contribution in [-0.4, -0.2) is 36.5 Å². The van der Waals surface area contributed by atoms with Crippen LogP contribution in [0.1, 0.15) is 80.4 Å². The van der Waals surface area contributed by atoms with E-state index in [0.29, 0.717) is 29.9 Å². The lowest BCUT2D eigenvalue weighted by Crippen LogP contribution is -2.55. The van der Waals surface area contributed by atoms with Crippen LogP contribution in [0, 0.1) is 17.7 Å². The topological polar surface area (TPSA) is 32.3 Å². The minimum atomic E-state index is -0.466. The Labute approximate surface area is 219 Å². The van der Waals surface area contributed by atoms with Gasteiger partial charge in [0.05, 0.1) is 5.92 Å². The van der Waals surface area contributed by atoms with Gasteiger partial charge in [-0.15, -0.1) is 0 Å². The van der Waals surface area contributed by atoms with E-state index in [1.165, 1.54) is 43.7 Å². The molecule has 1 amide bonds. The summed E-state index contributed by atoms with van der Waals surface area (Å²) in [4.78, 5) is 16.8. The van der Waals surface area contributed by atoms with Gasteiger partial charge in [0, 0.05) is 36.1 Å². The molecule has 2 aliphatic carbocycles. The quantitative estimate of drug-likeness (QED) is 0.504. The second-order valence-corrected chi connectivity index (χ2v) is 12.2. The van der Waals surface area contributed by atoms with Gasteiger partial charge in [-0.2, -0.15) is 0 Å². The minimum absolute atomic E-state index is 0.216. The molecule has 5 heteroatoms. The van der Waals surface area contributed by atoms with Gasteiger partial charge in [-0.1, -0.05) is 61.2 Å². The van der Waals surface area contributed by atoms with Crippen molar-refractivity contribution in [3.63, 3.8) is 0 Å². The van der Waals surface area contributed by atoms with Crippen LogP contribution in [0.3, 0.4) is 0 Å². The van der Waals surface area contributed by atoms with Gasteiger partial charge in [-0.25, -0.2) is 4.39 Å². The summed E-state index contributed by atoms with van der Waals surface area (Å²) in [7, 11) is 0. The SMILES string of the molecule is O=C([C@@H]1CNC[C@]12CCCc1cc(Cl)cc(F)c12)N1CC[C@@H](c2ccccc2)C[C@H]1C1CCCCC1. The number of amides is 1. The van der Waals surface area contributed by atoms with Gasteiger partial charge in [0.2, 0.25) is 5.91 Å². The van der Waals surface area contributed by atoms with Crippen molar-refractivity contribution in [3.05, 3.63) is 70.0 Å². The molecule has 2 saturated heterocycles. The molecule has 0 radical (unpaired) electrons. The number of piperidine rings is 1. The molecule has 0 aromatic heterocycles. The number of halogens is 2.